The fourth-order valence-corrected chi connectivity index (χ4v) is 5.28. The summed E-state index contributed by atoms with van der Waals surface area (Å²) in [5, 5.41) is 3.84. The van der Waals surface area contributed by atoms with Gasteiger partial charge in [0.1, 0.15) is 5.25 Å². The number of aromatic nitrogens is 2. The Morgan fingerprint density at radius 3 is 2.87 bits per heavy atom. The highest BCUT2D eigenvalue weighted by Crippen LogP contribution is 2.45. The van der Waals surface area contributed by atoms with Crippen LogP contribution in [0.4, 0.5) is 14.9 Å². The molecule has 10 heteroatoms. The van der Waals surface area contributed by atoms with Crippen LogP contribution in [0.3, 0.4) is 0 Å². The number of methoxy groups -OCH3 is 1. The molecule has 2 aliphatic rings. The third-order valence-electron chi connectivity index (χ3n) is 5.16. The number of benzene rings is 1. The van der Waals surface area contributed by atoms with E-state index < -0.39 is 23.1 Å². The maximum atomic E-state index is 13.9. The van der Waals surface area contributed by atoms with Crippen LogP contribution in [0.5, 0.6) is 5.75 Å². The van der Waals surface area contributed by atoms with E-state index in [0.29, 0.717) is 21.5 Å². The molecule has 5 rings (SSSR count). The number of fused-ring (bicyclic) bond motifs is 2. The number of nitrogens with zero attached hydrogens (tertiary/aromatic N) is 3. The smallest absolute Gasteiger partial charge is 0.329 e. The number of ether oxygens (including phenoxy) is 1. The van der Waals surface area contributed by atoms with Gasteiger partial charge in [-0.1, -0.05) is 11.6 Å². The molecule has 156 valence electrons. The molecule has 0 spiro atoms. The lowest BCUT2D eigenvalue weighted by molar-refractivity contribution is -0.118. The Hall–Kier alpha value is -3.17. The minimum Gasteiger partial charge on any atom is -0.494 e. The summed E-state index contributed by atoms with van der Waals surface area (Å²) in [5.41, 5.74) is 0.894. The third kappa shape index (κ3) is 3.21. The van der Waals surface area contributed by atoms with Gasteiger partial charge in [-0.25, -0.2) is 14.1 Å². The van der Waals surface area contributed by atoms with E-state index in [1.807, 2.05) is 0 Å². The van der Waals surface area contributed by atoms with Crippen LogP contribution in [0.15, 0.2) is 49.1 Å². The molecule has 2 unspecified atom stereocenters. The normalized spacial score (nSPS) is 20.5. The lowest BCUT2D eigenvalue weighted by atomic mass is 10.1. The summed E-state index contributed by atoms with van der Waals surface area (Å²) in [6, 6.07) is 3.34. The van der Waals surface area contributed by atoms with Gasteiger partial charge in [0.05, 0.1) is 30.1 Å². The molecule has 7 nitrogen and oxygen atoms in total. The van der Waals surface area contributed by atoms with E-state index in [-0.39, 0.29) is 16.7 Å². The summed E-state index contributed by atoms with van der Waals surface area (Å²) in [4.78, 5) is 36.2. The molecule has 3 amide bonds. The van der Waals surface area contributed by atoms with Gasteiger partial charge in [0, 0.05) is 39.8 Å². The van der Waals surface area contributed by atoms with Gasteiger partial charge in [-0.3, -0.25) is 14.8 Å². The number of urea groups is 1. The van der Waals surface area contributed by atoms with Crippen LogP contribution < -0.4 is 15.0 Å². The SMILES string of the molecule is COc1cc(C2=CC3NC(=O)N(c4cncc5ccncc45)C(=O)C3S2)c(Cl)cc1F. The lowest BCUT2D eigenvalue weighted by Crippen LogP contribution is -2.60. The van der Waals surface area contributed by atoms with Gasteiger partial charge in [-0.05, 0) is 24.3 Å². The standard InChI is InChI=1S/C21H14ClFN4O3S/c1-30-17-4-11(13(22)5-14(17)23)18-6-15-19(31-18)20(28)27(21(29)26-15)16-9-25-7-10-2-3-24-8-12(10)16/h2-9,15,19H,1H3,(H,26,29). The van der Waals surface area contributed by atoms with E-state index in [9.17, 15) is 14.0 Å². The second-order valence-electron chi connectivity index (χ2n) is 6.94. The molecule has 2 aliphatic heterocycles. The Morgan fingerprint density at radius 1 is 1.23 bits per heavy atom. The lowest BCUT2D eigenvalue weighted by Gasteiger charge is -2.33. The Morgan fingerprint density at radius 2 is 2.06 bits per heavy atom. The highest BCUT2D eigenvalue weighted by atomic mass is 35.5. The van der Waals surface area contributed by atoms with Crippen molar-refractivity contribution >= 4 is 56.7 Å². The van der Waals surface area contributed by atoms with Gasteiger partial charge in [0.2, 0.25) is 0 Å². The summed E-state index contributed by atoms with van der Waals surface area (Å²) in [6.07, 6.45) is 8.08. The van der Waals surface area contributed by atoms with Crippen molar-refractivity contribution in [3.05, 3.63) is 65.5 Å². The molecule has 1 saturated heterocycles. The molecule has 1 aromatic carbocycles. The zero-order valence-electron chi connectivity index (χ0n) is 16.0. The second kappa shape index (κ2) is 7.51. The molecular formula is C21H14ClFN4O3S. The van der Waals surface area contributed by atoms with Crippen LogP contribution >= 0.6 is 23.4 Å². The van der Waals surface area contributed by atoms with Gasteiger partial charge in [-0.15, -0.1) is 11.8 Å². The molecule has 1 N–H and O–H groups in total. The van der Waals surface area contributed by atoms with E-state index in [1.165, 1.54) is 37.2 Å². The molecule has 0 radical (unpaired) electrons. The number of anilines is 1. The highest BCUT2D eigenvalue weighted by Gasteiger charge is 2.46. The molecule has 0 aliphatic carbocycles. The van der Waals surface area contributed by atoms with Crippen molar-refractivity contribution in [1.29, 1.82) is 0 Å². The molecule has 2 atom stereocenters. The average Bonchev–Trinajstić information content (AvgIpc) is 3.18. The van der Waals surface area contributed by atoms with Gasteiger partial charge in [-0.2, -0.15) is 0 Å². The first-order chi connectivity index (χ1) is 15.0. The Labute approximate surface area is 185 Å². The first kappa shape index (κ1) is 19.8. The van der Waals surface area contributed by atoms with Crippen molar-refractivity contribution in [1.82, 2.24) is 15.3 Å². The number of hydrogen-bond donors (Lipinski definition) is 1. The zero-order valence-corrected chi connectivity index (χ0v) is 17.6. The van der Waals surface area contributed by atoms with Gasteiger partial charge < -0.3 is 10.1 Å². The molecule has 1 fully saturated rings. The quantitative estimate of drug-likeness (QED) is 0.641. The number of carbonyl (C=O) groups excluding carboxylic acids is 2. The molecule has 31 heavy (non-hydrogen) atoms. The average molecular weight is 457 g/mol. The van der Waals surface area contributed by atoms with Gasteiger partial charge >= 0.3 is 6.03 Å². The predicted octanol–water partition coefficient (Wildman–Crippen LogP) is 4.01. The topological polar surface area (TPSA) is 84.4 Å². The molecular weight excluding hydrogens is 443 g/mol. The number of hydrogen-bond acceptors (Lipinski definition) is 6. The fraction of sp³-hybridized carbons (Fsp3) is 0.143. The molecule has 4 heterocycles. The van der Waals surface area contributed by atoms with E-state index in [1.54, 1.807) is 30.7 Å². The highest BCUT2D eigenvalue weighted by molar-refractivity contribution is 8.09. The summed E-state index contributed by atoms with van der Waals surface area (Å²) in [7, 11) is 1.36. The Bertz CT molecular complexity index is 1280. The molecule has 0 saturated carbocycles. The van der Waals surface area contributed by atoms with Crippen molar-refractivity contribution in [2.24, 2.45) is 0 Å². The molecule has 3 aromatic rings. The number of imide groups is 1. The van der Waals surface area contributed by atoms with Gasteiger partial charge in [0.15, 0.2) is 11.6 Å². The fourth-order valence-electron chi connectivity index (χ4n) is 3.68. The summed E-state index contributed by atoms with van der Waals surface area (Å²) in [6.45, 7) is 0. The van der Waals surface area contributed by atoms with Crippen molar-refractivity contribution < 1.29 is 18.7 Å². The number of amides is 3. The molecule has 0 bridgehead atoms. The number of halogens is 2. The third-order valence-corrected chi connectivity index (χ3v) is 6.83. The Balaban J connectivity index is 1.50. The van der Waals surface area contributed by atoms with E-state index in [0.717, 1.165) is 10.3 Å². The van der Waals surface area contributed by atoms with Crippen LogP contribution in [0.2, 0.25) is 5.02 Å². The number of pyridine rings is 2. The van der Waals surface area contributed by atoms with Crippen LogP contribution in [0.25, 0.3) is 15.7 Å². The number of thioether (sulfide) groups is 1. The maximum absolute atomic E-state index is 13.9. The van der Waals surface area contributed by atoms with E-state index in [4.69, 9.17) is 16.3 Å². The van der Waals surface area contributed by atoms with Crippen molar-refractivity contribution in [2.75, 3.05) is 12.0 Å². The van der Waals surface area contributed by atoms with E-state index in [2.05, 4.69) is 15.3 Å². The largest absolute Gasteiger partial charge is 0.494 e. The second-order valence-corrected chi connectivity index (χ2v) is 8.53. The van der Waals surface area contributed by atoms with Crippen molar-refractivity contribution in [3.63, 3.8) is 0 Å². The summed E-state index contributed by atoms with van der Waals surface area (Å²) in [5.74, 6) is -0.916. The summed E-state index contributed by atoms with van der Waals surface area (Å²) < 4.78 is 19.0. The summed E-state index contributed by atoms with van der Waals surface area (Å²) >= 11 is 7.50. The zero-order chi connectivity index (χ0) is 21.7. The first-order valence-electron chi connectivity index (χ1n) is 9.22. The van der Waals surface area contributed by atoms with Crippen molar-refractivity contribution in [3.8, 4) is 5.75 Å². The number of carbonyl (C=O) groups is 2. The molecule has 2 aromatic heterocycles. The maximum Gasteiger partial charge on any atom is 0.329 e. The Kier molecular flexibility index (Phi) is 4.79. The minimum atomic E-state index is -0.605. The van der Waals surface area contributed by atoms with Crippen LogP contribution in [-0.4, -0.2) is 40.3 Å². The minimum absolute atomic E-state index is 0.0436. The van der Waals surface area contributed by atoms with Crippen LogP contribution in [-0.2, 0) is 4.79 Å². The van der Waals surface area contributed by atoms with Crippen LogP contribution in [0.1, 0.15) is 5.56 Å². The van der Waals surface area contributed by atoms with E-state index >= 15 is 0 Å². The predicted molar refractivity (Wildman–Crippen MR) is 117 cm³/mol. The van der Waals surface area contributed by atoms with Crippen LogP contribution in [0, 0.1) is 5.82 Å². The van der Waals surface area contributed by atoms with Gasteiger partial charge in [0.25, 0.3) is 5.91 Å². The van der Waals surface area contributed by atoms with Crippen molar-refractivity contribution in [2.45, 2.75) is 11.3 Å². The first-order valence-corrected chi connectivity index (χ1v) is 10.5. The number of nitrogens with one attached hydrogen (secondary N) is 1. The monoisotopic (exact) mass is 456 g/mol. The number of rotatable bonds is 3.